The zero-order valence-electron chi connectivity index (χ0n) is 81.0. The molecule has 5 aromatic carbocycles. The van der Waals surface area contributed by atoms with Gasteiger partial charge in [0.2, 0.25) is 11.8 Å². The number of nitriles is 2. The van der Waals surface area contributed by atoms with Gasteiger partial charge in [-0.3, -0.25) is 24.0 Å². The summed E-state index contributed by atoms with van der Waals surface area (Å²) in [5.74, 6) is -0.213. The Morgan fingerprint density at radius 1 is 0.343 bits per heavy atom. The molecule has 2 amide bonds. The van der Waals surface area contributed by atoms with E-state index in [-0.39, 0.29) is 167 Å². The molecule has 0 saturated heterocycles. The molecule has 15 aliphatic carbocycles. The number of nitrogens with zero attached hydrogens (tertiary/aromatic N) is 2. The Morgan fingerprint density at radius 2 is 0.550 bits per heavy atom. The van der Waals surface area contributed by atoms with Gasteiger partial charge in [0.1, 0.15) is 59.8 Å². The number of fused-ring (bicyclic) bond motifs is 15. The van der Waals surface area contributed by atoms with Crippen LogP contribution in [0.4, 0.5) is 13.2 Å². The third-order valence-corrected chi connectivity index (χ3v) is 41.5. The number of carbonyl (C=O) groups excluding carboxylic acids is 4. The Bertz CT molecular complexity index is 5840. The van der Waals surface area contributed by atoms with Crippen LogP contribution in [0.5, 0.6) is 28.7 Å². The minimum Gasteiger partial charge on any atom is -0.508 e. The van der Waals surface area contributed by atoms with Crippen LogP contribution in [0.2, 0.25) is 0 Å². The van der Waals surface area contributed by atoms with Crippen LogP contribution in [-0.4, -0.2) is 153 Å². The molecule has 0 radical (unpaired) electrons. The number of carbonyl (C=O) groups is 5. The number of carboxylic acids is 1. The van der Waals surface area contributed by atoms with Crippen LogP contribution in [0.15, 0.2) is 182 Å². The second-order valence-corrected chi connectivity index (χ2v) is 53.3. The lowest BCUT2D eigenvalue weighted by Gasteiger charge is -2.51. The summed E-state index contributed by atoms with van der Waals surface area (Å²) in [7, 11) is -17.2. The molecule has 15 saturated carbocycles. The standard InChI is InChI=1S/C26H36FNO6S.C26H34FNO5S.C20H25FN2O3S.C16H21NO4S.C16H20O5S/c1-24(2,3)34-22(29)9-4-19(16-27)17-33-20-5-7-21(8-6-20)35(31,32)18-25-10-13-26(14-11-25,15-12-25)23(28)30;1-24(2,3)33-23(29)9-4-20(16-27)17-32-21-5-7-22(8-6-21)34(30,31)19-26-13-10-25(18-28,11-14-26)12-15-26;21-11-16(12-22)13-26-17-1-3-18(4-2-17)27(24,25)15-20-8-5-19(14-23,6-9-20)7-10-20;17-14(19)16-8-5-15(6-9-16,7-10-16)11-22(20,21)13-3-1-12(18)2-4-13;17-12-1-3-13(4-2-12)22(20,21)11-15-5-8-16(9-6-15,10-7-15)14(18)19/h5-8,16H,4,9-15,17-18H2,1-3H3,(H2,28,30);5-8,16H,4,9-15,17,19H2,1-3H3;1-4,11H,5-10,12-13,15,22H2;1-4,18H,5-11H2,(H2,17,19);1-4,17H,5-11H2,(H,18,19)/b19-16+;20-16+;16-11+;;. The van der Waals surface area contributed by atoms with E-state index in [9.17, 15) is 105 Å². The highest BCUT2D eigenvalue weighted by atomic mass is 32.2. The van der Waals surface area contributed by atoms with Crippen molar-refractivity contribution in [3.05, 3.63) is 157 Å². The van der Waals surface area contributed by atoms with Crippen molar-refractivity contribution in [1.29, 1.82) is 10.5 Å². The van der Waals surface area contributed by atoms with Gasteiger partial charge in [0.05, 0.1) is 101 Å². The van der Waals surface area contributed by atoms with Crippen molar-refractivity contribution in [1.82, 2.24) is 0 Å². The van der Waals surface area contributed by atoms with Gasteiger partial charge in [-0.25, -0.2) is 55.3 Å². The predicted octanol–water partition coefficient (Wildman–Crippen LogP) is 18.4. The Labute approximate surface area is 822 Å². The van der Waals surface area contributed by atoms with Gasteiger partial charge in [-0.2, -0.15) is 10.5 Å². The number of ether oxygens (including phenoxy) is 5. The second-order valence-electron chi connectivity index (χ2n) is 43.4. The molecule has 0 aliphatic heterocycles. The molecule has 0 spiro atoms. The molecule has 766 valence electrons. The fourth-order valence-corrected chi connectivity index (χ4v) is 31.8. The number of phenolic OH excluding ortho intramolecular Hbond substituents is 2. The molecule has 0 unspecified atom stereocenters. The average Bonchev–Trinajstić information content (AvgIpc) is 0.758. The number of hydrogen-bond donors (Lipinski definition) is 6. The summed E-state index contributed by atoms with van der Waals surface area (Å²) in [5.41, 5.74) is 13.1. The lowest BCUT2D eigenvalue weighted by molar-refractivity contribution is -0.158. The minimum absolute atomic E-state index is 0.0306. The highest BCUT2D eigenvalue weighted by molar-refractivity contribution is 7.92. The number of rotatable bonds is 34. The normalized spacial score (nSPS) is 27.4. The first-order valence-corrected chi connectivity index (χ1v) is 56.4. The third kappa shape index (κ3) is 28.0. The minimum atomic E-state index is -3.53. The van der Waals surface area contributed by atoms with E-state index >= 15 is 0 Å². The average molecular weight is 2040 g/mol. The number of nitrogens with two attached hydrogens (primary N) is 3. The smallest absolute Gasteiger partial charge is 0.309 e. The Morgan fingerprint density at radius 3 is 0.743 bits per heavy atom. The Balaban J connectivity index is 0.000000169. The second kappa shape index (κ2) is 44.2. The maximum Gasteiger partial charge on any atom is 0.309 e. The van der Waals surface area contributed by atoms with Crippen LogP contribution in [0.1, 0.15) is 260 Å². The van der Waals surface area contributed by atoms with E-state index in [4.69, 9.17) is 40.9 Å². The van der Waals surface area contributed by atoms with Gasteiger partial charge in [-0.1, -0.05) is 0 Å². The molecule has 0 atom stereocenters. The number of amides is 2. The Kier molecular flexibility index (Phi) is 34.9. The number of hydrogen-bond acceptors (Lipinski definition) is 25. The van der Waals surface area contributed by atoms with E-state index in [1.165, 1.54) is 84.9 Å². The first-order valence-electron chi connectivity index (χ1n) is 48.1. The van der Waals surface area contributed by atoms with Gasteiger partial charge in [-0.15, -0.1) is 0 Å². The summed E-state index contributed by atoms with van der Waals surface area (Å²) in [5, 5.41) is 46.8. The topological polar surface area (TPSA) is 489 Å². The van der Waals surface area contributed by atoms with Gasteiger partial charge in [0.15, 0.2) is 49.2 Å². The molecule has 15 aliphatic rings. The molecule has 10 bridgehead atoms. The van der Waals surface area contributed by atoms with Crippen molar-refractivity contribution in [2.45, 2.75) is 296 Å². The fourth-order valence-electron chi connectivity index (χ4n) is 22.1. The van der Waals surface area contributed by atoms with Crippen LogP contribution in [0.3, 0.4) is 0 Å². The molecule has 5 aromatic rings. The number of sulfone groups is 5. The number of aliphatic carboxylic acids is 1. The van der Waals surface area contributed by atoms with Gasteiger partial charge in [0, 0.05) is 35.8 Å². The van der Waals surface area contributed by atoms with Gasteiger partial charge in [0.25, 0.3) is 0 Å². The van der Waals surface area contributed by atoms with Gasteiger partial charge >= 0.3 is 17.9 Å². The highest BCUT2D eigenvalue weighted by Gasteiger charge is 2.58. The first-order chi connectivity index (χ1) is 65.6. The lowest BCUT2D eigenvalue weighted by atomic mass is 9.54. The largest absolute Gasteiger partial charge is 0.508 e. The molecule has 140 heavy (non-hydrogen) atoms. The van der Waals surface area contributed by atoms with E-state index < -0.39 is 94.5 Å². The molecule has 0 heterocycles. The zero-order chi connectivity index (χ0) is 103. The maximum absolute atomic E-state index is 13.2. The summed E-state index contributed by atoms with van der Waals surface area (Å²) in [6.07, 6.45) is 23.3. The van der Waals surface area contributed by atoms with Crippen LogP contribution in [0, 0.1) is 76.8 Å². The summed E-state index contributed by atoms with van der Waals surface area (Å²) in [4.78, 5) is 59.8. The molecule has 36 heteroatoms. The van der Waals surface area contributed by atoms with Crippen molar-refractivity contribution in [3.8, 4) is 40.9 Å². The van der Waals surface area contributed by atoms with Crippen molar-refractivity contribution >= 4 is 78.9 Å². The summed E-state index contributed by atoms with van der Waals surface area (Å²) < 4.78 is 195. The van der Waals surface area contributed by atoms with Gasteiger partial charge in [-0.05, 0) is 407 Å². The zero-order valence-corrected chi connectivity index (χ0v) is 85.1. The lowest BCUT2D eigenvalue weighted by Crippen LogP contribution is -2.50. The van der Waals surface area contributed by atoms with Crippen LogP contribution < -0.4 is 31.4 Å². The summed E-state index contributed by atoms with van der Waals surface area (Å²) in [6.45, 7) is 10.6. The van der Waals surface area contributed by atoms with Crippen LogP contribution in [0.25, 0.3) is 0 Å². The quantitative estimate of drug-likeness (QED) is 0.0208. The number of carboxylic acid groups (broad SMARTS) is 1. The van der Waals surface area contributed by atoms with Crippen LogP contribution in [-0.2, 0) is 82.6 Å². The molecular weight excluding hydrogens is 1900 g/mol. The van der Waals surface area contributed by atoms with Gasteiger partial charge < -0.3 is 56.2 Å². The summed E-state index contributed by atoms with van der Waals surface area (Å²) in [6, 6.07) is 34.7. The monoisotopic (exact) mass is 2040 g/mol. The molecular formula is C104H136F3N5O23S5. The number of phenols is 2. The first kappa shape index (κ1) is 111. The maximum atomic E-state index is 13.2. The Hall–Kier alpha value is -9.85. The molecule has 0 aromatic heterocycles. The number of aromatic hydroxyl groups is 2. The number of esters is 2. The highest BCUT2D eigenvalue weighted by Crippen LogP contribution is 2.63. The van der Waals surface area contributed by atoms with E-state index in [0.29, 0.717) is 149 Å². The predicted molar refractivity (Wildman–Crippen MR) is 519 cm³/mol. The molecule has 15 fully saturated rings. The molecule has 9 N–H and O–H groups in total. The van der Waals surface area contributed by atoms with E-state index in [2.05, 4.69) is 12.1 Å². The van der Waals surface area contributed by atoms with Crippen molar-refractivity contribution in [2.24, 2.45) is 71.4 Å². The SMILES string of the molecule is CC(C)(C)OC(=O)CC/C(=C\F)COc1ccc(S(=O)(=O)CC23CCC(C#N)(CC2)CC3)cc1.CC(C)(C)OC(=O)CC/C(=C\F)COc1ccc(S(=O)(=O)CC23CCC(C(N)=O)(CC2)CC3)cc1.N#CC12CCC(CS(=O)(=O)c3ccc(OC/C(=C/F)CN)cc3)(CC1)CC2.NC(=O)C12CCC(CS(=O)(=O)c3ccc(O)cc3)(CC1)CC2.O=C(O)C12CCC(CS(=O)(=O)c3ccc(O)cc3)(CC1)CC2. The molecule has 20 rings (SSSR count). The van der Waals surface area contributed by atoms with Crippen molar-refractivity contribution < 1.29 is 118 Å². The van der Waals surface area contributed by atoms with E-state index in [1.54, 1.807) is 77.9 Å². The fraction of sp³-hybridized carbons (Fsp3) is 0.587. The molecule has 28 nitrogen and oxygen atoms in total. The number of halogens is 3. The third-order valence-electron chi connectivity index (χ3n) is 31.5. The van der Waals surface area contributed by atoms with Crippen molar-refractivity contribution in [2.75, 3.05) is 55.1 Å². The number of primary amides is 2. The summed E-state index contributed by atoms with van der Waals surface area (Å²) >= 11 is 0. The van der Waals surface area contributed by atoms with E-state index in [0.717, 1.165) is 96.3 Å². The van der Waals surface area contributed by atoms with E-state index in [1.807, 2.05) is 0 Å². The number of benzene rings is 5. The van der Waals surface area contributed by atoms with Crippen LogP contribution >= 0.6 is 0 Å². The van der Waals surface area contributed by atoms with Crippen molar-refractivity contribution in [3.63, 3.8) is 0 Å².